The lowest BCUT2D eigenvalue weighted by Gasteiger charge is -1.81. The number of allylic oxidation sites excluding steroid dienone is 3. The van der Waals surface area contributed by atoms with Crippen LogP contribution in [0.5, 0.6) is 0 Å². The van der Waals surface area contributed by atoms with Gasteiger partial charge in [0.05, 0.1) is 0 Å². The predicted molar refractivity (Wildman–Crippen MR) is 32.2 cm³/mol. The third kappa shape index (κ3) is 1.08. The SMILES string of the molecule is O=C=CC1=CCCC1. The Kier molecular flexibility index (Phi) is 1.66. The van der Waals surface area contributed by atoms with Crippen LogP contribution in [-0.4, -0.2) is 5.94 Å². The van der Waals surface area contributed by atoms with Gasteiger partial charge in [0, 0.05) is 6.08 Å². The van der Waals surface area contributed by atoms with E-state index in [0.29, 0.717) is 0 Å². The molecule has 0 aromatic carbocycles. The fourth-order valence-corrected chi connectivity index (χ4v) is 0.902. The molecule has 0 spiro atoms. The number of rotatable bonds is 1. The minimum Gasteiger partial charge on any atom is -0.233 e. The molecule has 1 aliphatic rings. The molecule has 1 rings (SSSR count). The molecule has 0 aromatic heterocycles. The molecular formula is C7H8O. The molecule has 0 radical (unpaired) electrons. The average Bonchev–Trinajstić information content (AvgIpc) is 2.19. The zero-order valence-corrected chi connectivity index (χ0v) is 4.68. The molecule has 0 aliphatic heterocycles. The van der Waals surface area contributed by atoms with Crippen LogP contribution in [-0.2, 0) is 4.79 Å². The number of carbonyl (C=O) groups excluding carboxylic acids is 1. The minimum atomic E-state index is 1.06. The summed E-state index contributed by atoms with van der Waals surface area (Å²) in [5.74, 6) is 1.77. The van der Waals surface area contributed by atoms with E-state index in [1.54, 1.807) is 5.94 Å². The lowest BCUT2D eigenvalue weighted by molar-refractivity contribution is 0.569. The van der Waals surface area contributed by atoms with Gasteiger partial charge in [0.2, 0.25) is 0 Å². The average molecular weight is 108 g/mol. The predicted octanol–water partition coefficient (Wildman–Crippen LogP) is 1.48. The van der Waals surface area contributed by atoms with Crippen molar-refractivity contribution in [1.29, 1.82) is 0 Å². The van der Waals surface area contributed by atoms with Crippen LogP contribution >= 0.6 is 0 Å². The summed E-state index contributed by atoms with van der Waals surface area (Å²) >= 11 is 0. The molecule has 8 heavy (non-hydrogen) atoms. The summed E-state index contributed by atoms with van der Waals surface area (Å²) in [7, 11) is 0. The van der Waals surface area contributed by atoms with E-state index < -0.39 is 0 Å². The van der Waals surface area contributed by atoms with Gasteiger partial charge in [-0.05, 0) is 24.8 Å². The molecule has 0 N–H and O–H groups in total. The van der Waals surface area contributed by atoms with Crippen molar-refractivity contribution in [1.82, 2.24) is 0 Å². The Morgan fingerprint density at radius 1 is 1.75 bits per heavy atom. The molecule has 1 heteroatoms. The lowest BCUT2D eigenvalue weighted by Crippen LogP contribution is -1.66. The van der Waals surface area contributed by atoms with Crippen molar-refractivity contribution in [3.05, 3.63) is 17.7 Å². The van der Waals surface area contributed by atoms with Gasteiger partial charge in [-0.25, -0.2) is 4.79 Å². The standard InChI is InChI=1S/C7H8O/c8-6-5-7-3-1-2-4-7/h3,5H,1-2,4H2. The molecule has 0 aromatic rings. The Balaban J connectivity index is 2.57. The summed E-state index contributed by atoms with van der Waals surface area (Å²) < 4.78 is 0. The van der Waals surface area contributed by atoms with Crippen molar-refractivity contribution < 1.29 is 4.79 Å². The van der Waals surface area contributed by atoms with E-state index in [4.69, 9.17) is 0 Å². The van der Waals surface area contributed by atoms with Gasteiger partial charge in [-0.1, -0.05) is 6.08 Å². The highest BCUT2D eigenvalue weighted by Gasteiger charge is 1.98. The largest absolute Gasteiger partial charge is 0.233 e. The third-order valence-electron chi connectivity index (χ3n) is 1.32. The van der Waals surface area contributed by atoms with Crippen LogP contribution in [0, 0.1) is 0 Å². The van der Waals surface area contributed by atoms with Crippen LogP contribution in [0.3, 0.4) is 0 Å². The van der Waals surface area contributed by atoms with E-state index in [0.717, 1.165) is 18.4 Å². The van der Waals surface area contributed by atoms with Gasteiger partial charge < -0.3 is 0 Å². The first-order valence-corrected chi connectivity index (χ1v) is 2.83. The summed E-state index contributed by atoms with van der Waals surface area (Å²) in [6, 6.07) is 0. The second-order valence-corrected chi connectivity index (χ2v) is 1.93. The van der Waals surface area contributed by atoms with Gasteiger partial charge in [-0.15, -0.1) is 0 Å². The Bertz CT molecular complexity index is 150. The van der Waals surface area contributed by atoms with Crippen LogP contribution in [0.4, 0.5) is 0 Å². The van der Waals surface area contributed by atoms with Crippen LogP contribution < -0.4 is 0 Å². The Labute approximate surface area is 48.7 Å². The monoisotopic (exact) mass is 108 g/mol. The van der Waals surface area contributed by atoms with Gasteiger partial charge in [0.15, 0.2) is 0 Å². The first-order chi connectivity index (χ1) is 3.93. The molecule has 1 nitrogen and oxygen atoms in total. The van der Waals surface area contributed by atoms with Gasteiger partial charge in [-0.3, -0.25) is 0 Å². The molecule has 0 fully saturated rings. The molecular weight excluding hydrogens is 100 g/mol. The zero-order chi connectivity index (χ0) is 5.82. The molecule has 0 bridgehead atoms. The number of hydrogen-bond acceptors (Lipinski definition) is 1. The Morgan fingerprint density at radius 2 is 2.62 bits per heavy atom. The van der Waals surface area contributed by atoms with E-state index in [1.807, 2.05) is 0 Å². The van der Waals surface area contributed by atoms with E-state index in [2.05, 4.69) is 6.08 Å². The smallest absolute Gasteiger partial charge is 0.124 e. The van der Waals surface area contributed by atoms with Crippen molar-refractivity contribution in [2.45, 2.75) is 19.3 Å². The third-order valence-corrected chi connectivity index (χ3v) is 1.32. The maximum Gasteiger partial charge on any atom is 0.124 e. The fraction of sp³-hybridized carbons (Fsp3) is 0.429. The first-order valence-electron chi connectivity index (χ1n) is 2.83. The molecule has 0 heterocycles. The topological polar surface area (TPSA) is 17.1 Å². The number of hydrogen-bond donors (Lipinski definition) is 0. The molecule has 0 atom stereocenters. The molecule has 1 aliphatic carbocycles. The van der Waals surface area contributed by atoms with Crippen molar-refractivity contribution in [2.24, 2.45) is 0 Å². The lowest BCUT2D eigenvalue weighted by atomic mass is 10.2. The highest BCUT2D eigenvalue weighted by molar-refractivity contribution is 5.52. The first kappa shape index (κ1) is 5.33. The quantitative estimate of drug-likeness (QED) is 0.465. The summed E-state index contributed by atoms with van der Waals surface area (Å²) in [5.41, 5.74) is 1.15. The van der Waals surface area contributed by atoms with Crippen LogP contribution in [0.15, 0.2) is 17.7 Å². The molecule has 0 unspecified atom stereocenters. The van der Waals surface area contributed by atoms with E-state index >= 15 is 0 Å². The Hall–Kier alpha value is -0.810. The van der Waals surface area contributed by atoms with Gasteiger partial charge in [-0.2, -0.15) is 0 Å². The van der Waals surface area contributed by atoms with Crippen LogP contribution in [0.2, 0.25) is 0 Å². The molecule has 0 saturated carbocycles. The highest BCUT2D eigenvalue weighted by atomic mass is 16.1. The summed E-state index contributed by atoms with van der Waals surface area (Å²) in [6.07, 6.45) is 7.01. The van der Waals surface area contributed by atoms with Gasteiger partial charge in [0.25, 0.3) is 0 Å². The van der Waals surface area contributed by atoms with E-state index in [9.17, 15) is 4.79 Å². The van der Waals surface area contributed by atoms with Crippen molar-refractivity contribution >= 4 is 5.94 Å². The normalized spacial score (nSPS) is 17.2. The maximum atomic E-state index is 9.74. The van der Waals surface area contributed by atoms with Crippen LogP contribution in [0.25, 0.3) is 0 Å². The summed E-state index contributed by atoms with van der Waals surface area (Å²) in [6.45, 7) is 0. The maximum absolute atomic E-state index is 9.74. The van der Waals surface area contributed by atoms with Gasteiger partial charge >= 0.3 is 0 Å². The second-order valence-electron chi connectivity index (χ2n) is 1.93. The van der Waals surface area contributed by atoms with Crippen molar-refractivity contribution in [2.75, 3.05) is 0 Å². The minimum absolute atomic E-state index is 1.06. The summed E-state index contributed by atoms with van der Waals surface area (Å²) in [4.78, 5) is 9.74. The second kappa shape index (κ2) is 2.49. The highest BCUT2D eigenvalue weighted by Crippen LogP contribution is 2.16. The zero-order valence-electron chi connectivity index (χ0n) is 4.68. The molecule has 0 amide bonds. The van der Waals surface area contributed by atoms with Crippen molar-refractivity contribution in [3.63, 3.8) is 0 Å². The van der Waals surface area contributed by atoms with E-state index in [-0.39, 0.29) is 0 Å². The van der Waals surface area contributed by atoms with Crippen LogP contribution in [0.1, 0.15) is 19.3 Å². The summed E-state index contributed by atoms with van der Waals surface area (Å²) in [5, 5.41) is 0. The fourth-order valence-electron chi connectivity index (χ4n) is 0.902. The van der Waals surface area contributed by atoms with Crippen molar-refractivity contribution in [3.8, 4) is 0 Å². The molecule has 42 valence electrons. The molecule has 0 saturated heterocycles. The Morgan fingerprint density at radius 3 is 3.12 bits per heavy atom. The van der Waals surface area contributed by atoms with Gasteiger partial charge in [0.1, 0.15) is 5.94 Å². The van der Waals surface area contributed by atoms with E-state index in [1.165, 1.54) is 12.5 Å².